The van der Waals surface area contributed by atoms with E-state index in [1.807, 2.05) is 36.1 Å². The van der Waals surface area contributed by atoms with Gasteiger partial charge in [-0.2, -0.15) is 0 Å². The first kappa shape index (κ1) is 18.5. The lowest BCUT2D eigenvalue weighted by atomic mass is 9.86. The second-order valence-electron chi connectivity index (χ2n) is 6.80. The van der Waals surface area contributed by atoms with Crippen molar-refractivity contribution in [3.05, 3.63) is 82.2 Å². The molecule has 26 heavy (non-hydrogen) atoms. The third-order valence-electron chi connectivity index (χ3n) is 4.59. The van der Waals surface area contributed by atoms with Crippen LogP contribution in [0, 0.1) is 12.8 Å². The van der Waals surface area contributed by atoms with Crippen LogP contribution in [0.3, 0.4) is 0 Å². The average Bonchev–Trinajstić information content (AvgIpc) is 2.91. The largest absolute Gasteiger partial charge is 0.510 e. The van der Waals surface area contributed by atoms with E-state index in [9.17, 15) is 15.0 Å². The van der Waals surface area contributed by atoms with Gasteiger partial charge in [0.05, 0.1) is 12.1 Å². The molecule has 2 N–H and O–H groups in total. The number of benzene rings is 2. The molecule has 5 heteroatoms. The van der Waals surface area contributed by atoms with E-state index in [4.69, 9.17) is 11.6 Å². The SMILES string of the molecule is Cc1ccc(C(=O)C2C(O)=CN(CC(C)O)C2c2ccc(Cl)cc2)cc1. The predicted molar refractivity (Wildman–Crippen MR) is 102 cm³/mol. The number of ketones is 1. The molecule has 0 saturated heterocycles. The summed E-state index contributed by atoms with van der Waals surface area (Å²) >= 11 is 5.99. The summed E-state index contributed by atoms with van der Waals surface area (Å²) in [5, 5.41) is 21.0. The van der Waals surface area contributed by atoms with Gasteiger partial charge >= 0.3 is 0 Å². The van der Waals surface area contributed by atoms with Crippen LogP contribution in [0.1, 0.15) is 34.5 Å². The monoisotopic (exact) mass is 371 g/mol. The first-order valence-corrected chi connectivity index (χ1v) is 8.95. The fraction of sp³-hybridized carbons (Fsp3) is 0.286. The van der Waals surface area contributed by atoms with Gasteiger partial charge < -0.3 is 15.1 Å². The van der Waals surface area contributed by atoms with Crippen LogP contribution in [0.5, 0.6) is 0 Å². The molecule has 3 atom stereocenters. The summed E-state index contributed by atoms with van der Waals surface area (Å²) in [6.07, 6.45) is 0.963. The van der Waals surface area contributed by atoms with Crippen molar-refractivity contribution in [1.29, 1.82) is 0 Å². The molecular formula is C21H22ClNO3. The van der Waals surface area contributed by atoms with Crippen LogP contribution in [-0.2, 0) is 0 Å². The molecular weight excluding hydrogens is 350 g/mol. The molecule has 2 aromatic carbocycles. The molecule has 136 valence electrons. The third-order valence-corrected chi connectivity index (χ3v) is 4.85. The minimum atomic E-state index is -0.724. The lowest BCUT2D eigenvalue weighted by Gasteiger charge is -2.30. The number of halogens is 1. The Balaban J connectivity index is 1.99. The Hall–Kier alpha value is -2.30. The summed E-state index contributed by atoms with van der Waals surface area (Å²) in [5.41, 5.74) is 2.48. The van der Waals surface area contributed by atoms with E-state index >= 15 is 0 Å². The number of nitrogens with zero attached hydrogens (tertiary/aromatic N) is 1. The summed E-state index contributed by atoms with van der Waals surface area (Å²) in [6, 6.07) is 14.2. The fourth-order valence-electron chi connectivity index (χ4n) is 3.37. The van der Waals surface area contributed by atoms with Crippen LogP contribution >= 0.6 is 11.6 Å². The maximum Gasteiger partial charge on any atom is 0.175 e. The quantitative estimate of drug-likeness (QED) is 0.770. The van der Waals surface area contributed by atoms with Crippen molar-refractivity contribution in [1.82, 2.24) is 4.90 Å². The smallest absolute Gasteiger partial charge is 0.175 e. The van der Waals surface area contributed by atoms with Gasteiger partial charge in [-0.3, -0.25) is 4.79 Å². The first-order valence-electron chi connectivity index (χ1n) is 8.57. The lowest BCUT2D eigenvalue weighted by molar-refractivity contribution is 0.0823. The Morgan fingerprint density at radius 1 is 1.15 bits per heavy atom. The van der Waals surface area contributed by atoms with E-state index in [-0.39, 0.29) is 11.5 Å². The number of β-amino-alcohol motifs (C(OH)–C–C–N with tert-alkyl or cyclic N) is 1. The van der Waals surface area contributed by atoms with Gasteiger partial charge in [0.15, 0.2) is 5.78 Å². The molecule has 0 saturated carbocycles. The number of aliphatic hydroxyl groups excluding tert-OH is 2. The zero-order valence-corrected chi connectivity index (χ0v) is 15.5. The Labute approximate surface area is 158 Å². The topological polar surface area (TPSA) is 60.8 Å². The van der Waals surface area contributed by atoms with Crippen molar-refractivity contribution in [2.75, 3.05) is 6.54 Å². The molecule has 0 fully saturated rings. The summed E-state index contributed by atoms with van der Waals surface area (Å²) < 4.78 is 0. The van der Waals surface area contributed by atoms with Gasteiger partial charge in [0.2, 0.25) is 0 Å². The summed E-state index contributed by atoms with van der Waals surface area (Å²) in [4.78, 5) is 15.0. The highest BCUT2D eigenvalue weighted by molar-refractivity contribution is 6.30. The van der Waals surface area contributed by atoms with Gasteiger partial charge in [0.25, 0.3) is 0 Å². The van der Waals surface area contributed by atoms with Crippen molar-refractivity contribution < 1.29 is 15.0 Å². The molecule has 1 aliphatic rings. The standard InChI is InChI=1S/C21H22ClNO3/c1-13-3-5-16(6-4-13)21(26)19-18(25)12-23(11-14(2)24)20(19)15-7-9-17(22)10-8-15/h3-10,12,14,19-20,24-25H,11H2,1-2H3. The number of hydrogen-bond donors (Lipinski definition) is 2. The maximum absolute atomic E-state index is 13.1. The molecule has 3 rings (SSSR count). The normalized spacial score (nSPS) is 20.8. The molecule has 2 aromatic rings. The summed E-state index contributed by atoms with van der Waals surface area (Å²) in [5.74, 6) is -0.861. The predicted octanol–water partition coefficient (Wildman–Crippen LogP) is 4.28. The van der Waals surface area contributed by atoms with Crippen LogP contribution in [0.25, 0.3) is 0 Å². The van der Waals surface area contributed by atoms with E-state index in [0.29, 0.717) is 17.1 Å². The second kappa shape index (κ2) is 7.52. The van der Waals surface area contributed by atoms with Gasteiger partial charge in [0.1, 0.15) is 11.7 Å². The van der Waals surface area contributed by atoms with Gasteiger partial charge in [-0.05, 0) is 31.5 Å². The van der Waals surface area contributed by atoms with Crippen molar-refractivity contribution in [2.45, 2.75) is 26.0 Å². The lowest BCUT2D eigenvalue weighted by Crippen LogP contribution is -2.33. The Bertz CT molecular complexity index is 812. The molecule has 0 amide bonds. The number of rotatable bonds is 5. The molecule has 1 aliphatic heterocycles. The van der Waals surface area contributed by atoms with E-state index in [1.165, 1.54) is 0 Å². The molecule has 4 nitrogen and oxygen atoms in total. The van der Waals surface area contributed by atoms with E-state index in [1.54, 1.807) is 37.4 Å². The highest BCUT2D eigenvalue weighted by Gasteiger charge is 2.41. The van der Waals surface area contributed by atoms with Crippen LogP contribution < -0.4 is 0 Å². The van der Waals surface area contributed by atoms with Crippen LogP contribution in [0.4, 0.5) is 0 Å². The number of carbonyl (C=O) groups is 1. The van der Waals surface area contributed by atoms with E-state index in [2.05, 4.69) is 0 Å². The first-order chi connectivity index (χ1) is 12.4. The summed E-state index contributed by atoms with van der Waals surface area (Å²) in [7, 11) is 0. The molecule has 0 aliphatic carbocycles. The zero-order valence-electron chi connectivity index (χ0n) is 14.8. The molecule has 0 spiro atoms. The van der Waals surface area contributed by atoms with Gasteiger partial charge in [-0.1, -0.05) is 53.6 Å². The fourth-order valence-corrected chi connectivity index (χ4v) is 3.50. The van der Waals surface area contributed by atoms with Crippen molar-refractivity contribution in [3.8, 4) is 0 Å². The molecule has 0 bridgehead atoms. The van der Waals surface area contributed by atoms with Crippen LogP contribution in [0.15, 0.2) is 60.5 Å². The van der Waals surface area contributed by atoms with E-state index in [0.717, 1.165) is 11.1 Å². The molecule has 3 unspecified atom stereocenters. The number of aliphatic hydroxyl groups is 2. The molecule has 1 heterocycles. The highest BCUT2D eigenvalue weighted by Crippen LogP contribution is 2.41. The maximum atomic E-state index is 13.1. The Kier molecular flexibility index (Phi) is 5.35. The van der Waals surface area contributed by atoms with Crippen LogP contribution in [0.2, 0.25) is 5.02 Å². The van der Waals surface area contributed by atoms with Gasteiger partial charge in [0, 0.05) is 23.3 Å². The zero-order chi connectivity index (χ0) is 18.8. The number of hydrogen-bond acceptors (Lipinski definition) is 4. The summed E-state index contributed by atoms with van der Waals surface area (Å²) in [6.45, 7) is 3.95. The van der Waals surface area contributed by atoms with Crippen molar-refractivity contribution >= 4 is 17.4 Å². The van der Waals surface area contributed by atoms with Crippen molar-refractivity contribution in [2.24, 2.45) is 5.92 Å². The van der Waals surface area contributed by atoms with E-state index < -0.39 is 18.1 Å². The van der Waals surface area contributed by atoms with Gasteiger partial charge in [-0.15, -0.1) is 0 Å². The highest BCUT2D eigenvalue weighted by atomic mass is 35.5. The minimum absolute atomic E-state index is 0.0103. The number of carbonyl (C=O) groups excluding carboxylic acids is 1. The third kappa shape index (κ3) is 3.76. The Morgan fingerprint density at radius 2 is 1.77 bits per heavy atom. The minimum Gasteiger partial charge on any atom is -0.510 e. The second-order valence-corrected chi connectivity index (χ2v) is 7.24. The Morgan fingerprint density at radius 3 is 2.35 bits per heavy atom. The van der Waals surface area contributed by atoms with Gasteiger partial charge in [-0.25, -0.2) is 0 Å². The molecule has 0 radical (unpaired) electrons. The molecule has 0 aromatic heterocycles. The van der Waals surface area contributed by atoms with Crippen LogP contribution in [-0.4, -0.2) is 33.5 Å². The number of Topliss-reactive ketones (excluding diaryl/α,β-unsaturated/α-hetero) is 1. The van der Waals surface area contributed by atoms with Crippen molar-refractivity contribution in [3.63, 3.8) is 0 Å². The number of aryl methyl sites for hydroxylation is 1. The average molecular weight is 372 g/mol.